The molecule has 0 saturated heterocycles. The summed E-state index contributed by atoms with van der Waals surface area (Å²) >= 11 is 0. The minimum Gasteiger partial charge on any atom is -0.454 e. The minimum atomic E-state index is 0.0641. The van der Waals surface area contributed by atoms with Crippen LogP contribution in [0.1, 0.15) is 0 Å². The summed E-state index contributed by atoms with van der Waals surface area (Å²) in [6, 6.07) is 7.84. The summed E-state index contributed by atoms with van der Waals surface area (Å²) in [5.74, 6) is 2.24. The van der Waals surface area contributed by atoms with E-state index in [2.05, 4.69) is 9.97 Å². The number of hydrogen-bond donors (Lipinski definition) is 1. The SMILES string of the molecule is CN(CCO)c1ncc(-c2cccnc2)c2cc3c(cc12)OCO3. The molecule has 3 aromatic rings. The molecule has 1 aliphatic rings. The summed E-state index contributed by atoms with van der Waals surface area (Å²) in [6.07, 6.45) is 5.40. The Kier molecular flexibility index (Phi) is 3.66. The number of benzene rings is 1. The van der Waals surface area contributed by atoms with Gasteiger partial charge in [-0.3, -0.25) is 4.98 Å². The van der Waals surface area contributed by atoms with Crippen molar-refractivity contribution >= 4 is 16.6 Å². The first kappa shape index (κ1) is 14.7. The Bertz CT molecular complexity index is 884. The third-order valence-corrected chi connectivity index (χ3v) is 4.13. The van der Waals surface area contributed by atoms with Gasteiger partial charge >= 0.3 is 0 Å². The van der Waals surface area contributed by atoms with Crippen molar-refractivity contribution in [3.63, 3.8) is 0 Å². The molecule has 0 spiro atoms. The third-order valence-electron chi connectivity index (χ3n) is 4.13. The average Bonchev–Trinajstić information content (AvgIpc) is 3.07. The van der Waals surface area contributed by atoms with E-state index in [4.69, 9.17) is 9.47 Å². The molecule has 0 saturated carbocycles. The molecule has 0 radical (unpaired) electrons. The van der Waals surface area contributed by atoms with Gasteiger partial charge in [0.05, 0.1) is 6.61 Å². The van der Waals surface area contributed by atoms with Crippen molar-refractivity contribution in [2.75, 3.05) is 31.9 Å². The Morgan fingerprint density at radius 2 is 1.96 bits per heavy atom. The van der Waals surface area contributed by atoms with Crippen molar-refractivity contribution in [1.82, 2.24) is 9.97 Å². The van der Waals surface area contributed by atoms with E-state index in [0.29, 0.717) is 12.3 Å². The first-order valence-electron chi connectivity index (χ1n) is 7.72. The van der Waals surface area contributed by atoms with Gasteiger partial charge in [-0.25, -0.2) is 4.98 Å². The second-order valence-electron chi connectivity index (χ2n) is 5.63. The summed E-state index contributed by atoms with van der Waals surface area (Å²) in [5, 5.41) is 11.2. The Labute approximate surface area is 139 Å². The molecule has 3 heterocycles. The molecule has 1 aliphatic heterocycles. The Hall–Kier alpha value is -2.86. The Morgan fingerprint density at radius 1 is 1.17 bits per heavy atom. The average molecular weight is 323 g/mol. The van der Waals surface area contributed by atoms with Gasteiger partial charge in [0, 0.05) is 48.7 Å². The van der Waals surface area contributed by atoms with E-state index >= 15 is 0 Å². The number of anilines is 1. The van der Waals surface area contributed by atoms with E-state index in [1.54, 1.807) is 6.20 Å². The molecule has 2 aromatic heterocycles. The van der Waals surface area contributed by atoms with Gasteiger partial charge in [0.15, 0.2) is 11.5 Å². The van der Waals surface area contributed by atoms with Crippen molar-refractivity contribution in [2.24, 2.45) is 0 Å². The number of hydrogen-bond acceptors (Lipinski definition) is 6. The van der Waals surface area contributed by atoms with Gasteiger partial charge in [-0.2, -0.15) is 0 Å². The lowest BCUT2D eigenvalue weighted by Crippen LogP contribution is -2.22. The van der Waals surface area contributed by atoms with E-state index in [1.165, 1.54) is 0 Å². The fourth-order valence-electron chi connectivity index (χ4n) is 2.93. The van der Waals surface area contributed by atoms with E-state index < -0.39 is 0 Å². The molecule has 0 aliphatic carbocycles. The van der Waals surface area contributed by atoms with Crippen LogP contribution in [0.3, 0.4) is 0 Å². The van der Waals surface area contributed by atoms with Gasteiger partial charge in [0.2, 0.25) is 6.79 Å². The molecule has 4 rings (SSSR count). The number of fused-ring (bicyclic) bond motifs is 2. The zero-order valence-electron chi connectivity index (χ0n) is 13.3. The molecule has 1 N–H and O–H groups in total. The molecule has 0 atom stereocenters. The van der Waals surface area contributed by atoms with Crippen LogP contribution in [-0.2, 0) is 0 Å². The molecule has 0 unspecified atom stereocenters. The van der Waals surface area contributed by atoms with Crippen LogP contribution < -0.4 is 14.4 Å². The summed E-state index contributed by atoms with van der Waals surface area (Å²) in [7, 11) is 1.91. The summed E-state index contributed by atoms with van der Waals surface area (Å²) in [6.45, 7) is 0.792. The number of rotatable bonds is 4. The van der Waals surface area contributed by atoms with Crippen LogP contribution >= 0.6 is 0 Å². The van der Waals surface area contributed by atoms with E-state index in [9.17, 15) is 5.11 Å². The molecule has 6 nitrogen and oxygen atoms in total. The molecule has 0 bridgehead atoms. The van der Waals surface area contributed by atoms with Crippen molar-refractivity contribution in [2.45, 2.75) is 0 Å². The monoisotopic (exact) mass is 323 g/mol. The number of nitrogens with zero attached hydrogens (tertiary/aromatic N) is 3. The fraction of sp³-hybridized carbons (Fsp3) is 0.222. The Morgan fingerprint density at radius 3 is 2.67 bits per heavy atom. The largest absolute Gasteiger partial charge is 0.454 e. The standard InChI is InChI=1S/C18H17N3O3/c1-21(5-6-22)18-14-8-17-16(23-11-24-17)7-13(14)15(10-20-18)12-3-2-4-19-9-12/h2-4,7-10,22H,5-6,11H2,1H3. The van der Waals surface area contributed by atoms with Crippen LogP contribution in [-0.4, -0.2) is 42.1 Å². The summed E-state index contributed by atoms with van der Waals surface area (Å²) in [5.41, 5.74) is 1.97. The van der Waals surface area contributed by atoms with Gasteiger partial charge in [0.25, 0.3) is 0 Å². The minimum absolute atomic E-state index is 0.0641. The third kappa shape index (κ3) is 2.41. The van der Waals surface area contributed by atoms with Crippen LogP contribution in [0.25, 0.3) is 21.9 Å². The number of aromatic nitrogens is 2. The highest BCUT2D eigenvalue weighted by atomic mass is 16.7. The Balaban J connectivity index is 1.97. The molecule has 0 amide bonds. The second-order valence-corrected chi connectivity index (χ2v) is 5.63. The zero-order valence-corrected chi connectivity index (χ0v) is 13.3. The maximum absolute atomic E-state index is 9.24. The van der Waals surface area contributed by atoms with Crippen molar-refractivity contribution in [1.29, 1.82) is 0 Å². The highest BCUT2D eigenvalue weighted by Gasteiger charge is 2.19. The fourth-order valence-corrected chi connectivity index (χ4v) is 2.93. The molecular weight excluding hydrogens is 306 g/mol. The molecule has 1 aromatic carbocycles. The topological polar surface area (TPSA) is 67.7 Å². The molecule has 6 heteroatoms. The lowest BCUT2D eigenvalue weighted by Gasteiger charge is -2.20. The summed E-state index contributed by atoms with van der Waals surface area (Å²) in [4.78, 5) is 10.7. The van der Waals surface area contributed by atoms with E-state index in [0.717, 1.165) is 33.5 Å². The number of likely N-dealkylation sites (N-methyl/N-ethyl adjacent to an activating group) is 1. The quantitative estimate of drug-likeness (QED) is 0.795. The maximum Gasteiger partial charge on any atom is 0.231 e. The van der Waals surface area contributed by atoms with Gasteiger partial charge in [-0.05, 0) is 23.6 Å². The molecule has 122 valence electrons. The number of aliphatic hydroxyl groups excluding tert-OH is 1. The number of pyridine rings is 2. The highest BCUT2D eigenvalue weighted by Crippen LogP contribution is 2.41. The lowest BCUT2D eigenvalue weighted by atomic mass is 10.0. The molecule has 0 fully saturated rings. The number of aliphatic hydroxyl groups is 1. The van der Waals surface area contributed by atoms with Crippen molar-refractivity contribution in [3.8, 4) is 22.6 Å². The highest BCUT2D eigenvalue weighted by molar-refractivity contribution is 6.03. The van der Waals surface area contributed by atoms with E-state index in [-0.39, 0.29) is 13.4 Å². The predicted octanol–water partition coefficient (Wildman–Crippen LogP) is 2.45. The van der Waals surface area contributed by atoms with Gasteiger partial charge in [-0.1, -0.05) is 6.07 Å². The zero-order chi connectivity index (χ0) is 16.5. The second kappa shape index (κ2) is 5.98. The van der Waals surface area contributed by atoms with Gasteiger partial charge in [-0.15, -0.1) is 0 Å². The van der Waals surface area contributed by atoms with Crippen LogP contribution in [0.5, 0.6) is 11.5 Å². The lowest BCUT2D eigenvalue weighted by molar-refractivity contribution is 0.174. The first-order chi connectivity index (χ1) is 11.8. The van der Waals surface area contributed by atoms with Crippen molar-refractivity contribution in [3.05, 3.63) is 42.9 Å². The smallest absolute Gasteiger partial charge is 0.231 e. The van der Waals surface area contributed by atoms with Crippen LogP contribution in [0.15, 0.2) is 42.9 Å². The number of ether oxygens (including phenoxy) is 2. The molecular formula is C18H17N3O3. The predicted molar refractivity (Wildman–Crippen MR) is 91.5 cm³/mol. The van der Waals surface area contributed by atoms with Crippen LogP contribution in [0, 0.1) is 0 Å². The molecule has 24 heavy (non-hydrogen) atoms. The van der Waals surface area contributed by atoms with Crippen LogP contribution in [0.4, 0.5) is 5.82 Å². The van der Waals surface area contributed by atoms with Gasteiger partial charge in [0.1, 0.15) is 5.82 Å². The maximum atomic E-state index is 9.24. The van der Waals surface area contributed by atoms with E-state index in [1.807, 2.05) is 48.6 Å². The van der Waals surface area contributed by atoms with Crippen molar-refractivity contribution < 1.29 is 14.6 Å². The first-order valence-corrected chi connectivity index (χ1v) is 7.72. The summed E-state index contributed by atoms with van der Waals surface area (Å²) < 4.78 is 11.1. The van der Waals surface area contributed by atoms with Crippen LogP contribution in [0.2, 0.25) is 0 Å². The normalized spacial score (nSPS) is 12.6. The van der Waals surface area contributed by atoms with Gasteiger partial charge < -0.3 is 19.5 Å².